The van der Waals surface area contributed by atoms with Crippen molar-refractivity contribution in [2.45, 2.75) is 70.9 Å². The van der Waals surface area contributed by atoms with Crippen LogP contribution in [0, 0.1) is 12.8 Å². The standard InChI is InChI=1S/C21H30N4O2/c1-14-12-18(26)25(16-6-4-5-7-16)19-17(14)13-22-20(23-19)24-10-8-15(9-11-24)21(2,3)27/h12-13,15-16,27H,4-11H2,1-3H3. The molecule has 0 aromatic carbocycles. The summed E-state index contributed by atoms with van der Waals surface area (Å²) in [5.74, 6) is 1.00. The minimum absolute atomic E-state index is 0.0530. The van der Waals surface area contributed by atoms with Crippen molar-refractivity contribution in [1.82, 2.24) is 14.5 Å². The summed E-state index contributed by atoms with van der Waals surface area (Å²) in [6.07, 6.45) is 8.18. The third kappa shape index (κ3) is 3.47. The van der Waals surface area contributed by atoms with Crippen LogP contribution in [0.5, 0.6) is 0 Å². The lowest BCUT2D eigenvalue weighted by molar-refractivity contribution is 0.00640. The molecule has 0 atom stereocenters. The maximum atomic E-state index is 12.7. The number of piperidine rings is 1. The van der Waals surface area contributed by atoms with Crippen LogP contribution in [0.1, 0.15) is 64.0 Å². The van der Waals surface area contributed by atoms with E-state index in [0.717, 1.165) is 55.4 Å². The van der Waals surface area contributed by atoms with E-state index < -0.39 is 5.60 Å². The summed E-state index contributed by atoms with van der Waals surface area (Å²) in [7, 11) is 0. The lowest BCUT2D eigenvalue weighted by atomic mass is 9.83. The Morgan fingerprint density at radius 2 is 1.81 bits per heavy atom. The molecule has 2 aromatic rings. The van der Waals surface area contributed by atoms with Gasteiger partial charge in [-0.1, -0.05) is 12.8 Å². The van der Waals surface area contributed by atoms with Gasteiger partial charge in [-0.25, -0.2) is 4.98 Å². The Labute approximate surface area is 160 Å². The number of hydrogen-bond acceptors (Lipinski definition) is 5. The van der Waals surface area contributed by atoms with E-state index in [-0.39, 0.29) is 11.6 Å². The van der Waals surface area contributed by atoms with Crippen LogP contribution in [-0.4, -0.2) is 38.3 Å². The fourth-order valence-electron chi connectivity index (χ4n) is 4.72. The minimum atomic E-state index is -0.642. The molecule has 0 spiro atoms. The SMILES string of the molecule is Cc1cc(=O)n(C2CCCC2)c2nc(N3CCC(C(C)(C)O)CC3)ncc12. The second-order valence-corrected chi connectivity index (χ2v) is 8.80. The van der Waals surface area contributed by atoms with Gasteiger partial charge in [0.25, 0.3) is 5.56 Å². The van der Waals surface area contributed by atoms with E-state index in [2.05, 4.69) is 9.88 Å². The highest BCUT2D eigenvalue weighted by Gasteiger charge is 2.31. The summed E-state index contributed by atoms with van der Waals surface area (Å²) in [6, 6.07) is 1.97. The molecule has 1 saturated carbocycles. The number of hydrogen-bond donors (Lipinski definition) is 1. The Kier molecular flexibility index (Phi) is 4.70. The van der Waals surface area contributed by atoms with Crippen LogP contribution in [0.15, 0.2) is 17.1 Å². The van der Waals surface area contributed by atoms with E-state index in [1.807, 2.05) is 31.5 Å². The van der Waals surface area contributed by atoms with Crippen molar-refractivity contribution in [2.75, 3.05) is 18.0 Å². The van der Waals surface area contributed by atoms with E-state index in [4.69, 9.17) is 4.98 Å². The number of aliphatic hydroxyl groups is 1. The van der Waals surface area contributed by atoms with Crippen LogP contribution >= 0.6 is 0 Å². The normalized spacial score (nSPS) is 19.9. The van der Waals surface area contributed by atoms with E-state index in [1.54, 1.807) is 6.07 Å². The van der Waals surface area contributed by atoms with E-state index >= 15 is 0 Å². The molecule has 1 aliphatic carbocycles. The number of pyridine rings is 1. The maximum absolute atomic E-state index is 12.7. The third-order valence-electron chi connectivity index (χ3n) is 6.45. The van der Waals surface area contributed by atoms with Crippen LogP contribution in [0.2, 0.25) is 0 Å². The van der Waals surface area contributed by atoms with Crippen molar-refractivity contribution >= 4 is 17.0 Å². The largest absolute Gasteiger partial charge is 0.390 e. The second-order valence-electron chi connectivity index (χ2n) is 8.80. The molecule has 3 heterocycles. The molecule has 2 aliphatic rings. The average Bonchev–Trinajstić information content (AvgIpc) is 3.15. The van der Waals surface area contributed by atoms with Gasteiger partial charge in [0, 0.05) is 36.8 Å². The smallest absolute Gasteiger partial charge is 0.252 e. The van der Waals surface area contributed by atoms with Crippen LogP contribution < -0.4 is 10.5 Å². The fourth-order valence-corrected chi connectivity index (χ4v) is 4.72. The Morgan fingerprint density at radius 3 is 2.44 bits per heavy atom. The van der Waals surface area contributed by atoms with E-state index in [1.165, 1.54) is 12.8 Å². The van der Waals surface area contributed by atoms with Gasteiger partial charge in [-0.15, -0.1) is 0 Å². The summed E-state index contributed by atoms with van der Waals surface area (Å²) in [4.78, 5) is 24.4. The molecule has 0 amide bonds. The second kappa shape index (κ2) is 6.89. The topological polar surface area (TPSA) is 71.2 Å². The molecule has 27 heavy (non-hydrogen) atoms. The average molecular weight is 370 g/mol. The van der Waals surface area contributed by atoms with Crippen molar-refractivity contribution < 1.29 is 5.11 Å². The van der Waals surface area contributed by atoms with Crippen LogP contribution in [-0.2, 0) is 0 Å². The number of rotatable bonds is 3. The highest BCUT2D eigenvalue weighted by Crippen LogP contribution is 2.32. The van der Waals surface area contributed by atoms with Gasteiger partial charge in [0.15, 0.2) is 0 Å². The molecular formula is C21H30N4O2. The highest BCUT2D eigenvalue weighted by atomic mass is 16.3. The van der Waals surface area contributed by atoms with Crippen LogP contribution in [0.3, 0.4) is 0 Å². The van der Waals surface area contributed by atoms with Crippen LogP contribution in [0.25, 0.3) is 11.0 Å². The summed E-state index contributed by atoms with van der Waals surface area (Å²) < 4.78 is 1.91. The highest BCUT2D eigenvalue weighted by molar-refractivity contribution is 5.79. The predicted octanol–water partition coefficient (Wildman–Crippen LogP) is 3.20. The van der Waals surface area contributed by atoms with Crippen molar-refractivity contribution in [3.63, 3.8) is 0 Å². The van der Waals surface area contributed by atoms with Gasteiger partial charge in [0.05, 0.1) is 5.60 Å². The quantitative estimate of drug-likeness (QED) is 0.898. The summed E-state index contributed by atoms with van der Waals surface area (Å²) in [6.45, 7) is 7.41. The van der Waals surface area contributed by atoms with Gasteiger partial charge in [-0.05, 0) is 57.9 Å². The zero-order valence-corrected chi connectivity index (χ0v) is 16.6. The maximum Gasteiger partial charge on any atom is 0.252 e. The van der Waals surface area contributed by atoms with Crippen molar-refractivity contribution in [1.29, 1.82) is 0 Å². The first-order valence-electron chi connectivity index (χ1n) is 10.2. The first-order valence-corrected chi connectivity index (χ1v) is 10.2. The van der Waals surface area contributed by atoms with Gasteiger partial charge in [-0.2, -0.15) is 4.98 Å². The molecule has 2 aromatic heterocycles. The fraction of sp³-hybridized carbons (Fsp3) is 0.667. The summed E-state index contributed by atoms with van der Waals surface area (Å²) in [5, 5.41) is 11.2. The summed E-state index contributed by atoms with van der Waals surface area (Å²) in [5.41, 5.74) is 1.13. The lowest BCUT2D eigenvalue weighted by Crippen LogP contribution is -2.42. The molecule has 0 unspecified atom stereocenters. The first kappa shape index (κ1) is 18.4. The van der Waals surface area contributed by atoms with Crippen molar-refractivity contribution in [3.8, 4) is 0 Å². The number of nitrogens with zero attached hydrogens (tertiary/aromatic N) is 4. The Hall–Kier alpha value is -1.95. The molecule has 6 nitrogen and oxygen atoms in total. The van der Waals surface area contributed by atoms with Gasteiger partial charge in [0.2, 0.25) is 5.95 Å². The Morgan fingerprint density at radius 1 is 1.15 bits per heavy atom. The molecule has 4 rings (SSSR count). The molecule has 0 radical (unpaired) electrons. The molecule has 1 aliphatic heterocycles. The van der Waals surface area contributed by atoms with Gasteiger partial charge in [0.1, 0.15) is 5.65 Å². The zero-order valence-electron chi connectivity index (χ0n) is 16.6. The lowest BCUT2D eigenvalue weighted by Gasteiger charge is -2.37. The molecule has 6 heteroatoms. The molecule has 0 bridgehead atoms. The molecular weight excluding hydrogens is 340 g/mol. The number of fused-ring (bicyclic) bond motifs is 1. The van der Waals surface area contributed by atoms with Crippen molar-refractivity contribution in [2.24, 2.45) is 5.92 Å². The number of aromatic nitrogens is 3. The minimum Gasteiger partial charge on any atom is -0.390 e. The van der Waals surface area contributed by atoms with Crippen LogP contribution in [0.4, 0.5) is 5.95 Å². The summed E-state index contributed by atoms with van der Waals surface area (Å²) >= 11 is 0. The predicted molar refractivity (Wildman–Crippen MR) is 107 cm³/mol. The number of anilines is 1. The van der Waals surface area contributed by atoms with Gasteiger partial charge in [-0.3, -0.25) is 9.36 Å². The van der Waals surface area contributed by atoms with E-state index in [0.29, 0.717) is 11.9 Å². The van der Waals surface area contributed by atoms with Crippen molar-refractivity contribution in [3.05, 3.63) is 28.2 Å². The Bertz CT molecular complexity index is 885. The van der Waals surface area contributed by atoms with E-state index in [9.17, 15) is 9.90 Å². The molecule has 2 fully saturated rings. The van der Waals surface area contributed by atoms with Gasteiger partial charge < -0.3 is 10.0 Å². The molecule has 146 valence electrons. The monoisotopic (exact) mass is 370 g/mol. The number of aryl methyl sites for hydroxylation is 1. The van der Waals surface area contributed by atoms with Gasteiger partial charge >= 0.3 is 0 Å². The Balaban J connectivity index is 1.69. The molecule has 1 N–H and O–H groups in total. The zero-order chi connectivity index (χ0) is 19.2. The third-order valence-corrected chi connectivity index (χ3v) is 6.45. The first-order chi connectivity index (χ1) is 12.8. The molecule has 1 saturated heterocycles.